The van der Waals surface area contributed by atoms with E-state index in [1.807, 2.05) is 0 Å². The number of sulfonamides is 1. The molecule has 2 saturated heterocycles. The summed E-state index contributed by atoms with van der Waals surface area (Å²) in [4.78, 5) is 23.6. The van der Waals surface area contributed by atoms with E-state index >= 15 is 0 Å². The van der Waals surface area contributed by atoms with Crippen LogP contribution in [0.25, 0.3) is 0 Å². The molecule has 2 unspecified atom stereocenters. The molecule has 1 aromatic rings. The predicted molar refractivity (Wildman–Crippen MR) is 95.6 cm³/mol. The molecule has 2 aliphatic rings. The van der Waals surface area contributed by atoms with E-state index in [0.29, 0.717) is 26.1 Å². The van der Waals surface area contributed by atoms with Crippen LogP contribution in [0.3, 0.4) is 0 Å². The number of carbonyl (C=O) groups excluding carboxylic acids is 2. The molecule has 2 fully saturated rings. The average Bonchev–Trinajstić information content (AvgIpc) is 3.38. The molecule has 0 saturated carbocycles. The summed E-state index contributed by atoms with van der Waals surface area (Å²) >= 11 is 0. The van der Waals surface area contributed by atoms with Gasteiger partial charge in [-0.25, -0.2) is 13.2 Å². The Morgan fingerprint density at radius 1 is 1.33 bits per heavy atom. The van der Waals surface area contributed by atoms with Gasteiger partial charge in [-0.05, 0) is 50.3 Å². The van der Waals surface area contributed by atoms with Crippen LogP contribution in [-0.4, -0.2) is 63.9 Å². The first-order chi connectivity index (χ1) is 12.9. The molecule has 0 spiro atoms. The number of furan rings is 1. The Morgan fingerprint density at radius 2 is 2.15 bits per heavy atom. The van der Waals surface area contributed by atoms with Crippen LogP contribution in [0, 0.1) is 5.92 Å². The Kier molecular flexibility index (Phi) is 6.18. The number of esters is 1. The van der Waals surface area contributed by atoms with Crippen LogP contribution in [-0.2, 0) is 19.6 Å². The lowest BCUT2D eigenvalue weighted by Crippen LogP contribution is -2.46. The lowest BCUT2D eigenvalue weighted by atomic mass is 9.99. The van der Waals surface area contributed by atoms with Gasteiger partial charge in [-0.2, -0.15) is 4.31 Å². The Hall–Kier alpha value is -1.91. The van der Waals surface area contributed by atoms with Crippen molar-refractivity contribution in [3.05, 3.63) is 17.9 Å². The zero-order valence-electron chi connectivity index (χ0n) is 15.3. The molecule has 3 rings (SSSR count). The van der Waals surface area contributed by atoms with Gasteiger partial charge in [0, 0.05) is 19.6 Å². The lowest BCUT2D eigenvalue weighted by Gasteiger charge is -2.31. The summed E-state index contributed by atoms with van der Waals surface area (Å²) < 4.78 is 36.6. The summed E-state index contributed by atoms with van der Waals surface area (Å²) in [5, 5.41) is 5.80. The second-order valence-electron chi connectivity index (χ2n) is 6.88. The summed E-state index contributed by atoms with van der Waals surface area (Å²) in [6.45, 7) is 1.97. The number of ether oxygens (including phenoxy) is 1. The van der Waals surface area contributed by atoms with Crippen molar-refractivity contribution in [3.8, 4) is 0 Å². The van der Waals surface area contributed by atoms with Gasteiger partial charge in [-0.15, -0.1) is 0 Å². The first-order valence-corrected chi connectivity index (χ1v) is 10.5. The van der Waals surface area contributed by atoms with E-state index in [0.717, 1.165) is 25.8 Å². The van der Waals surface area contributed by atoms with Crippen molar-refractivity contribution in [2.45, 2.75) is 36.8 Å². The molecule has 0 aromatic carbocycles. The van der Waals surface area contributed by atoms with Gasteiger partial charge in [0.05, 0.1) is 13.2 Å². The fraction of sp³-hybridized carbons (Fsp3) is 0.647. The monoisotopic (exact) mass is 399 g/mol. The molecule has 27 heavy (non-hydrogen) atoms. The number of amides is 1. The molecule has 1 aromatic heterocycles. The Morgan fingerprint density at radius 3 is 2.85 bits per heavy atom. The summed E-state index contributed by atoms with van der Waals surface area (Å²) in [7, 11) is -2.64. The van der Waals surface area contributed by atoms with Crippen LogP contribution < -0.4 is 10.6 Å². The van der Waals surface area contributed by atoms with Gasteiger partial charge in [0.1, 0.15) is 0 Å². The van der Waals surface area contributed by atoms with E-state index in [2.05, 4.69) is 15.4 Å². The van der Waals surface area contributed by atoms with E-state index in [4.69, 9.17) is 4.42 Å². The number of methoxy groups -OCH3 is 1. The maximum atomic E-state index is 12.8. The van der Waals surface area contributed by atoms with Gasteiger partial charge in [-0.3, -0.25) is 4.79 Å². The van der Waals surface area contributed by atoms with E-state index in [9.17, 15) is 18.0 Å². The molecule has 2 N–H and O–H groups in total. The van der Waals surface area contributed by atoms with Crippen molar-refractivity contribution in [2.24, 2.45) is 5.92 Å². The number of piperidine rings is 1. The predicted octanol–water partition coefficient (Wildman–Crippen LogP) is 0.335. The van der Waals surface area contributed by atoms with E-state index < -0.39 is 16.0 Å². The van der Waals surface area contributed by atoms with E-state index in [1.54, 1.807) is 0 Å². The summed E-state index contributed by atoms with van der Waals surface area (Å²) in [6, 6.07) is 2.40. The number of hydrogen-bond donors (Lipinski definition) is 2. The Balaban J connectivity index is 1.60. The Labute approximate surface area is 158 Å². The fourth-order valence-corrected chi connectivity index (χ4v) is 4.95. The highest BCUT2D eigenvalue weighted by atomic mass is 32.2. The smallest absolute Gasteiger partial charge is 0.374 e. The van der Waals surface area contributed by atoms with E-state index in [-0.39, 0.29) is 28.7 Å². The van der Waals surface area contributed by atoms with Crippen LogP contribution in [0.5, 0.6) is 0 Å². The standard InChI is InChI=1S/C17H25N3O6S/c1-25-17(22)14-6-7-15(26-14)27(23,24)20-9-3-4-12(11-20)10-19-16(21)13-5-2-8-18-13/h6-7,12-13,18H,2-5,8-11H2,1H3,(H,19,21). The van der Waals surface area contributed by atoms with Gasteiger partial charge in [0.25, 0.3) is 10.0 Å². The van der Waals surface area contributed by atoms with Crippen molar-refractivity contribution < 1.29 is 27.2 Å². The molecule has 0 aliphatic carbocycles. The number of nitrogens with zero attached hydrogens (tertiary/aromatic N) is 1. The second kappa shape index (κ2) is 8.41. The third-order valence-electron chi connectivity index (χ3n) is 4.99. The highest BCUT2D eigenvalue weighted by molar-refractivity contribution is 7.89. The maximum Gasteiger partial charge on any atom is 0.374 e. The molecular weight excluding hydrogens is 374 g/mol. The van der Waals surface area contributed by atoms with Gasteiger partial charge in [0.2, 0.25) is 16.8 Å². The normalized spacial score (nSPS) is 23.9. The van der Waals surface area contributed by atoms with Crippen LogP contribution in [0.1, 0.15) is 36.2 Å². The first-order valence-electron chi connectivity index (χ1n) is 9.11. The molecule has 3 heterocycles. The van der Waals surface area contributed by atoms with Crippen LogP contribution in [0.4, 0.5) is 0 Å². The highest BCUT2D eigenvalue weighted by Crippen LogP contribution is 2.25. The topological polar surface area (TPSA) is 118 Å². The molecule has 10 heteroatoms. The number of hydrogen-bond acceptors (Lipinski definition) is 7. The Bertz CT molecular complexity index is 784. The molecule has 150 valence electrons. The van der Waals surface area contributed by atoms with Crippen molar-refractivity contribution in [1.82, 2.24) is 14.9 Å². The van der Waals surface area contributed by atoms with Gasteiger partial charge < -0.3 is 19.8 Å². The fourth-order valence-electron chi connectivity index (χ4n) is 3.48. The maximum absolute atomic E-state index is 12.8. The van der Waals surface area contributed by atoms with Gasteiger partial charge in [0.15, 0.2) is 0 Å². The number of nitrogens with one attached hydrogen (secondary N) is 2. The summed E-state index contributed by atoms with van der Waals surface area (Å²) in [6.07, 6.45) is 3.37. The lowest BCUT2D eigenvalue weighted by molar-refractivity contribution is -0.123. The molecule has 2 aliphatic heterocycles. The SMILES string of the molecule is COC(=O)c1ccc(S(=O)(=O)N2CCCC(CNC(=O)C3CCCN3)C2)o1. The van der Waals surface area contributed by atoms with Crippen molar-refractivity contribution >= 4 is 21.9 Å². The van der Waals surface area contributed by atoms with E-state index in [1.165, 1.54) is 23.5 Å². The molecule has 0 bridgehead atoms. The zero-order chi connectivity index (χ0) is 19.4. The second-order valence-corrected chi connectivity index (χ2v) is 8.74. The van der Waals surface area contributed by atoms with Crippen LogP contribution >= 0.6 is 0 Å². The molecular formula is C17H25N3O6S. The van der Waals surface area contributed by atoms with Crippen molar-refractivity contribution in [1.29, 1.82) is 0 Å². The van der Waals surface area contributed by atoms with Crippen LogP contribution in [0.2, 0.25) is 0 Å². The van der Waals surface area contributed by atoms with Crippen LogP contribution in [0.15, 0.2) is 21.6 Å². The molecule has 1 amide bonds. The van der Waals surface area contributed by atoms with Gasteiger partial charge >= 0.3 is 5.97 Å². The highest BCUT2D eigenvalue weighted by Gasteiger charge is 2.33. The third-order valence-corrected chi connectivity index (χ3v) is 6.72. The third kappa shape index (κ3) is 4.50. The largest absolute Gasteiger partial charge is 0.463 e. The average molecular weight is 399 g/mol. The quantitative estimate of drug-likeness (QED) is 0.662. The molecule has 2 atom stereocenters. The minimum atomic E-state index is -3.84. The number of rotatable bonds is 6. The molecule has 0 radical (unpaired) electrons. The first kappa shape index (κ1) is 19.8. The van der Waals surface area contributed by atoms with Crippen molar-refractivity contribution in [3.63, 3.8) is 0 Å². The molecule has 9 nitrogen and oxygen atoms in total. The zero-order valence-corrected chi connectivity index (χ0v) is 16.1. The summed E-state index contributed by atoms with van der Waals surface area (Å²) in [5.74, 6) is -0.868. The minimum absolute atomic E-state index is 0.0266. The van der Waals surface area contributed by atoms with Crippen molar-refractivity contribution in [2.75, 3.05) is 33.3 Å². The van der Waals surface area contributed by atoms with Gasteiger partial charge in [-0.1, -0.05) is 0 Å². The number of carbonyl (C=O) groups is 2. The minimum Gasteiger partial charge on any atom is -0.463 e. The summed E-state index contributed by atoms with van der Waals surface area (Å²) in [5.41, 5.74) is 0.